The van der Waals surface area contributed by atoms with Crippen LogP contribution in [-0.4, -0.2) is 36.5 Å². The quantitative estimate of drug-likeness (QED) is 0.831. The van der Waals surface area contributed by atoms with Crippen molar-refractivity contribution >= 4 is 5.91 Å². The van der Waals surface area contributed by atoms with Crippen LogP contribution < -0.4 is 5.32 Å². The first-order chi connectivity index (χ1) is 8.88. The summed E-state index contributed by atoms with van der Waals surface area (Å²) in [5.41, 5.74) is 0.187. The Kier molecular flexibility index (Phi) is 6.31. The van der Waals surface area contributed by atoms with E-state index in [4.69, 9.17) is 0 Å². The highest BCUT2D eigenvalue weighted by atomic mass is 16.2. The third-order valence-corrected chi connectivity index (χ3v) is 4.40. The second-order valence-electron chi connectivity index (χ2n) is 6.92. The SMILES string of the molecule is CCNC(CN1CCC(CC)CCC1=O)C(C)(C)C. The molecule has 0 aromatic carbocycles. The van der Waals surface area contributed by atoms with Crippen LogP contribution in [0, 0.1) is 11.3 Å². The van der Waals surface area contributed by atoms with Crippen LogP contribution in [0.3, 0.4) is 0 Å². The van der Waals surface area contributed by atoms with Crippen LogP contribution >= 0.6 is 0 Å². The average molecular weight is 268 g/mol. The van der Waals surface area contributed by atoms with Gasteiger partial charge in [0.05, 0.1) is 0 Å². The predicted octanol–water partition coefficient (Wildman–Crippen LogP) is 3.05. The van der Waals surface area contributed by atoms with E-state index < -0.39 is 0 Å². The Bertz CT molecular complexity index is 283. The first-order valence-electron chi connectivity index (χ1n) is 7.89. The maximum Gasteiger partial charge on any atom is 0.222 e. The predicted molar refractivity (Wildman–Crippen MR) is 81.1 cm³/mol. The van der Waals surface area contributed by atoms with Crippen molar-refractivity contribution in [1.82, 2.24) is 10.2 Å². The van der Waals surface area contributed by atoms with Gasteiger partial charge in [-0.15, -0.1) is 0 Å². The van der Waals surface area contributed by atoms with Gasteiger partial charge in [0.1, 0.15) is 0 Å². The maximum atomic E-state index is 12.2. The number of amides is 1. The molecular weight excluding hydrogens is 236 g/mol. The molecule has 1 aliphatic heterocycles. The lowest BCUT2D eigenvalue weighted by atomic mass is 9.86. The third-order valence-electron chi connectivity index (χ3n) is 4.40. The van der Waals surface area contributed by atoms with Gasteiger partial charge in [-0.05, 0) is 30.7 Å². The summed E-state index contributed by atoms with van der Waals surface area (Å²) in [6.07, 6.45) is 4.19. The number of rotatable bonds is 5. The average Bonchev–Trinajstić information content (AvgIpc) is 2.50. The van der Waals surface area contributed by atoms with E-state index in [2.05, 4.69) is 44.8 Å². The first-order valence-corrected chi connectivity index (χ1v) is 7.89. The zero-order valence-electron chi connectivity index (χ0n) is 13.5. The molecule has 2 atom stereocenters. The van der Waals surface area contributed by atoms with Crippen LogP contribution in [0.2, 0.25) is 0 Å². The van der Waals surface area contributed by atoms with E-state index in [0.29, 0.717) is 11.9 Å². The van der Waals surface area contributed by atoms with Crippen LogP contribution in [0.5, 0.6) is 0 Å². The molecule has 0 aromatic rings. The lowest BCUT2D eigenvalue weighted by molar-refractivity contribution is -0.131. The van der Waals surface area contributed by atoms with Gasteiger partial charge in [-0.25, -0.2) is 0 Å². The molecule has 0 aliphatic carbocycles. The molecule has 3 heteroatoms. The van der Waals surface area contributed by atoms with Crippen molar-refractivity contribution in [2.45, 2.75) is 66.3 Å². The molecular formula is C16H32N2O. The standard InChI is InChI=1S/C16H32N2O/c1-6-13-8-9-15(19)18(11-10-13)12-14(17-7-2)16(3,4)5/h13-14,17H,6-12H2,1-5H3. The maximum absolute atomic E-state index is 12.2. The molecule has 19 heavy (non-hydrogen) atoms. The Morgan fingerprint density at radius 2 is 2.00 bits per heavy atom. The van der Waals surface area contributed by atoms with Crippen LogP contribution in [-0.2, 0) is 4.79 Å². The van der Waals surface area contributed by atoms with Gasteiger partial charge in [-0.1, -0.05) is 41.0 Å². The molecule has 0 spiro atoms. The molecule has 1 fully saturated rings. The van der Waals surface area contributed by atoms with Gasteiger partial charge in [0, 0.05) is 25.6 Å². The minimum atomic E-state index is 0.187. The molecule has 0 saturated carbocycles. The topological polar surface area (TPSA) is 32.3 Å². The summed E-state index contributed by atoms with van der Waals surface area (Å²) in [6, 6.07) is 0.375. The minimum Gasteiger partial charge on any atom is -0.341 e. The summed E-state index contributed by atoms with van der Waals surface area (Å²) in [4.78, 5) is 14.3. The highest BCUT2D eigenvalue weighted by Gasteiger charge is 2.29. The summed E-state index contributed by atoms with van der Waals surface area (Å²) in [5.74, 6) is 1.09. The zero-order valence-corrected chi connectivity index (χ0v) is 13.5. The van der Waals surface area contributed by atoms with Gasteiger partial charge >= 0.3 is 0 Å². The van der Waals surface area contributed by atoms with Crippen LogP contribution in [0.4, 0.5) is 0 Å². The molecule has 2 unspecified atom stereocenters. The molecule has 1 saturated heterocycles. The van der Waals surface area contributed by atoms with Crippen molar-refractivity contribution in [3.63, 3.8) is 0 Å². The van der Waals surface area contributed by atoms with E-state index in [1.54, 1.807) is 0 Å². The summed E-state index contributed by atoms with van der Waals surface area (Å²) in [6.45, 7) is 13.9. The number of hydrogen-bond donors (Lipinski definition) is 1. The second kappa shape index (κ2) is 7.28. The van der Waals surface area contributed by atoms with Gasteiger partial charge < -0.3 is 10.2 Å². The lowest BCUT2D eigenvalue weighted by Crippen LogP contribution is -2.50. The number of nitrogens with zero attached hydrogens (tertiary/aromatic N) is 1. The van der Waals surface area contributed by atoms with E-state index in [9.17, 15) is 4.79 Å². The van der Waals surface area contributed by atoms with Crippen LogP contribution in [0.25, 0.3) is 0 Å². The van der Waals surface area contributed by atoms with Crippen molar-refractivity contribution < 1.29 is 4.79 Å². The number of hydrogen-bond acceptors (Lipinski definition) is 2. The Morgan fingerprint density at radius 3 is 2.53 bits per heavy atom. The van der Waals surface area contributed by atoms with Crippen molar-refractivity contribution in [1.29, 1.82) is 0 Å². The molecule has 1 N–H and O–H groups in total. The number of nitrogens with one attached hydrogen (secondary N) is 1. The largest absolute Gasteiger partial charge is 0.341 e. The Labute approximate surface area is 119 Å². The van der Waals surface area contributed by atoms with Crippen LogP contribution in [0.15, 0.2) is 0 Å². The van der Waals surface area contributed by atoms with Gasteiger partial charge in [0.15, 0.2) is 0 Å². The molecule has 1 aliphatic rings. The molecule has 0 radical (unpaired) electrons. The molecule has 3 nitrogen and oxygen atoms in total. The number of carbonyl (C=O) groups excluding carboxylic acids is 1. The van der Waals surface area contributed by atoms with Gasteiger partial charge in [-0.3, -0.25) is 4.79 Å². The van der Waals surface area contributed by atoms with Gasteiger partial charge in [0.25, 0.3) is 0 Å². The first kappa shape index (κ1) is 16.5. The van der Waals surface area contributed by atoms with E-state index in [1.807, 2.05) is 0 Å². The highest BCUT2D eigenvalue weighted by molar-refractivity contribution is 5.76. The minimum absolute atomic E-state index is 0.187. The Hall–Kier alpha value is -0.570. The summed E-state index contributed by atoms with van der Waals surface area (Å²) in [5, 5.41) is 3.54. The van der Waals surface area contributed by atoms with Crippen LogP contribution in [0.1, 0.15) is 60.3 Å². The van der Waals surface area contributed by atoms with Gasteiger partial charge in [0.2, 0.25) is 5.91 Å². The summed E-state index contributed by atoms with van der Waals surface area (Å²) < 4.78 is 0. The fourth-order valence-corrected chi connectivity index (χ4v) is 2.81. The molecule has 0 bridgehead atoms. The number of likely N-dealkylation sites (tertiary alicyclic amines) is 1. The van der Waals surface area contributed by atoms with E-state index in [0.717, 1.165) is 38.4 Å². The Morgan fingerprint density at radius 1 is 1.32 bits per heavy atom. The third kappa shape index (κ3) is 5.13. The highest BCUT2D eigenvalue weighted by Crippen LogP contribution is 2.24. The second-order valence-corrected chi connectivity index (χ2v) is 6.92. The van der Waals surface area contributed by atoms with Gasteiger partial charge in [-0.2, -0.15) is 0 Å². The molecule has 1 heterocycles. The molecule has 1 rings (SSSR count). The van der Waals surface area contributed by atoms with Crippen molar-refractivity contribution in [2.24, 2.45) is 11.3 Å². The van der Waals surface area contributed by atoms with Crippen molar-refractivity contribution in [2.75, 3.05) is 19.6 Å². The Balaban J connectivity index is 2.64. The molecule has 1 amide bonds. The fraction of sp³-hybridized carbons (Fsp3) is 0.938. The molecule has 112 valence electrons. The zero-order chi connectivity index (χ0) is 14.5. The summed E-state index contributed by atoms with van der Waals surface area (Å²) in [7, 11) is 0. The smallest absolute Gasteiger partial charge is 0.222 e. The van der Waals surface area contributed by atoms with E-state index >= 15 is 0 Å². The van der Waals surface area contributed by atoms with Crippen molar-refractivity contribution in [3.8, 4) is 0 Å². The van der Waals surface area contributed by atoms with Crippen molar-refractivity contribution in [3.05, 3.63) is 0 Å². The monoisotopic (exact) mass is 268 g/mol. The van der Waals surface area contributed by atoms with E-state index in [1.165, 1.54) is 12.8 Å². The van der Waals surface area contributed by atoms with E-state index in [-0.39, 0.29) is 5.41 Å². The number of carbonyl (C=O) groups is 1. The summed E-state index contributed by atoms with van der Waals surface area (Å²) >= 11 is 0. The number of likely N-dealkylation sites (N-methyl/N-ethyl adjacent to an activating group) is 1. The lowest BCUT2D eigenvalue weighted by Gasteiger charge is -2.35. The normalized spacial score (nSPS) is 23.3. The fourth-order valence-electron chi connectivity index (χ4n) is 2.81. The molecule has 0 aromatic heterocycles.